The van der Waals surface area contributed by atoms with Crippen molar-refractivity contribution in [2.75, 3.05) is 13.7 Å². The Labute approximate surface area is 95.6 Å². The van der Waals surface area contributed by atoms with Crippen LogP contribution in [0, 0.1) is 6.92 Å². The standard InChI is InChI=1S/C12H19NOS/c1-9-5-6-10(15-9)11(13-3)12(2)7-4-8-14-12/h5-6,11,13H,4,7-8H2,1-3H3. The molecule has 2 unspecified atom stereocenters. The van der Waals surface area contributed by atoms with Crippen molar-refractivity contribution >= 4 is 11.3 Å². The fourth-order valence-electron chi connectivity index (χ4n) is 2.39. The molecule has 2 nitrogen and oxygen atoms in total. The smallest absolute Gasteiger partial charge is 0.0857 e. The van der Waals surface area contributed by atoms with Crippen LogP contribution in [0.15, 0.2) is 12.1 Å². The largest absolute Gasteiger partial charge is 0.373 e. The highest BCUT2D eigenvalue weighted by Gasteiger charge is 2.39. The third-order valence-electron chi connectivity index (χ3n) is 3.19. The molecule has 2 rings (SSSR count). The fourth-order valence-corrected chi connectivity index (χ4v) is 3.51. The van der Waals surface area contributed by atoms with Gasteiger partial charge in [-0.05, 0) is 45.9 Å². The van der Waals surface area contributed by atoms with Crippen molar-refractivity contribution in [3.8, 4) is 0 Å². The van der Waals surface area contributed by atoms with Gasteiger partial charge in [0.2, 0.25) is 0 Å². The third-order valence-corrected chi connectivity index (χ3v) is 4.26. The topological polar surface area (TPSA) is 21.3 Å². The Hall–Kier alpha value is -0.380. The molecule has 0 radical (unpaired) electrons. The van der Waals surface area contributed by atoms with Crippen LogP contribution in [0.5, 0.6) is 0 Å². The molecule has 1 aromatic heterocycles. The first-order chi connectivity index (χ1) is 7.15. The van der Waals surface area contributed by atoms with Crippen LogP contribution in [0.25, 0.3) is 0 Å². The summed E-state index contributed by atoms with van der Waals surface area (Å²) in [4.78, 5) is 2.76. The highest BCUT2D eigenvalue weighted by atomic mass is 32.1. The van der Waals surface area contributed by atoms with E-state index >= 15 is 0 Å². The zero-order valence-corrected chi connectivity index (χ0v) is 10.5. The van der Waals surface area contributed by atoms with Crippen LogP contribution in [0.3, 0.4) is 0 Å². The lowest BCUT2D eigenvalue weighted by molar-refractivity contribution is -0.00948. The second-order valence-corrected chi connectivity index (χ2v) is 5.75. The maximum atomic E-state index is 5.90. The van der Waals surface area contributed by atoms with Crippen molar-refractivity contribution in [2.24, 2.45) is 0 Å². The van der Waals surface area contributed by atoms with Crippen molar-refractivity contribution in [2.45, 2.75) is 38.3 Å². The molecule has 2 atom stereocenters. The van der Waals surface area contributed by atoms with E-state index in [1.807, 2.05) is 18.4 Å². The summed E-state index contributed by atoms with van der Waals surface area (Å²) in [5, 5.41) is 3.40. The van der Waals surface area contributed by atoms with E-state index in [2.05, 4.69) is 31.3 Å². The Balaban J connectivity index is 2.23. The highest BCUT2D eigenvalue weighted by molar-refractivity contribution is 7.12. The van der Waals surface area contributed by atoms with E-state index in [0.29, 0.717) is 6.04 Å². The predicted octanol–water partition coefficient (Wildman–Crippen LogP) is 2.89. The van der Waals surface area contributed by atoms with E-state index in [0.717, 1.165) is 13.0 Å². The van der Waals surface area contributed by atoms with Gasteiger partial charge in [0, 0.05) is 16.4 Å². The summed E-state index contributed by atoms with van der Waals surface area (Å²) in [5.41, 5.74) is -0.0218. The minimum Gasteiger partial charge on any atom is -0.373 e. The maximum Gasteiger partial charge on any atom is 0.0857 e. The molecule has 1 saturated heterocycles. The van der Waals surface area contributed by atoms with Gasteiger partial charge in [-0.1, -0.05) is 0 Å². The van der Waals surface area contributed by atoms with E-state index < -0.39 is 0 Å². The Morgan fingerprint density at radius 2 is 2.33 bits per heavy atom. The molecule has 1 N–H and O–H groups in total. The number of aryl methyl sites for hydroxylation is 1. The Kier molecular flexibility index (Phi) is 3.14. The van der Waals surface area contributed by atoms with Crippen LogP contribution >= 0.6 is 11.3 Å². The van der Waals surface area contributed by atoms with Crippen LogP contribution in [-0.2, 0) is 4.74 Å². The summed E-state index contributed by atoms with van der Waals surface area (Å²) >= 11 is 1.86. The SMILES string of the molecule is CNC(c1ccc(C)s1)C1(C)CCCO1. The van der Waals surface area contributed by atoms with Crippen molar-refractivity contribution < 1.29 is 4.74 Å². The molecule has 1 aromatic rings. The Morgan fingerprint density at radius 3 is 2.80 bits per heavy atom. The van der Waals surface area contributed by atoms with Crippen LogP contribution in [0.1, 0.15) is 35.6 Å². The van der Waals surface area contributed by atoms with Crippen LogP contribution in [-0.4, -0.2) is 19.3 Å². The molecule has 0 spiro atoms. The fraction of sp³-hybridized carbons (Fsp3) is 0.667. The number of nitrogens with one attached hydrogen (secondary N) is 1. The number of hydrogen-bond acceptors (Lipinski definition) is 3. The molecule has 3 heteroatoms. The predicted molar refractivity (Wildman–Crippen MR) is 64.4 cm³/mol. The molecule has 0 saturated carbocycles. The quantitative estimate of drug-likeness (QED) is 0.854. The second kappa shape index (κ2) is 4.24. The van der Waals surface area contributed by atoms with Gasteiger partial charge in [-0.25, -0.2) is 0 Å². The average Bonchev–Trinajstić information content (AvgIpc) is 2.78. The normalized spacial score (nSPS) is 28.2. The summed E-state index contributed by atoms with van der Waals surface area (Å²) in [7, 11) is 2.02. The lowest BCUT2D eigenvalue weighted by Gasteiger charge is -2.32. The van der Waals surface area contributed by atoms with Crippen LogP contribution in [0.4, 0.5) is 0 Å². The summed E-state index contributed by atoms with van der Waals surface area (Å²) in [5.74, 6) is 0. The van der Waals surface area contributed by atoms with Gasteiger partial charge in [0.1, 0.15) is 0 Å². The van der Waals surface area contributed by atoms with E-state index in [4.69, 9.17) is 4.74 Å². The van der Waals surface area contributed by atoms with E-state index in [9.17, 15) is 0 Å². The molecule has 1 fully saturated rings. The first kappa shape index (κ1) is 11.1. The van der Waals surface area contributed by atoms with Gasteiger partial charge in [-0.15, -0.1) is 11.3 Å². The van der Waals surface area contributed by atoms with E-state index in [1.165, 1.54) is 16.2 Å². The number of thiophene rings is 1. The third kappa shape index (κ3) is 2.10. The van der Waals surface area contributed by atoms with Gasteiger partial charge in [0.05, 0.1) is 11.6 Å². The number of hydrogen-bond donors (Lipinski definition) is 1. The minimum atomic E-state index is -0.0218. The maximum absolute atomic E-state index is 5.90. The zero-order valence-electron chi connectivity index (χ0n) is 9.67. The molecule has 84 valence electrons. The molecule has 0 aromatic carbocycles. The summed E-state index contributed by atoms with van der Waals surface area (Å²) in [6, 6.07) is 4.73. The van der Waals surface area contributed by atoms with E-state index in [-0.39, 0.29) is 5.60 Å². The van der Waals surface area contributed by atoms with Crippen LogP contribution in [0.2, 0.25) is 0 Å². The lowest BCUT2D eigenvalue weighted by Crippen LogP contribution is -2.39. The number of ether oxygens (including phenoxy) is 1. The molecule has 2 heterocycles. The molecular formula is C12H19NOS. The molecule has 1 aliphatic rings. The molecule has 0 aliphatic carbocycles. The van der Waals surface area contributed by atoms with E-state index in [1.54, 1.807) is 0 Å². The van der Waals surface area contributed by atoms with Gasteiger partial charge in [0.25, 0.3) is 0 Å². The summed E-state index contributed by atoms with van der Waals surface area (Å²) in [6.45, 7) is 5.27. The van der Waals surface area contributed by atoms with Crippen molar-refractivity contribution in [1.82, 2.24) is 5.32 Å². The first-order valence-electron chi connectivity index (χ1n) is 5.53. The van der Waals surface area contributed by atoms with Crippen molar-refractivity contribution in [3.05, 3.63) is 21.9 Å². The number of likely N-dealkylation sites (N-methyl/N-ethyl adjacent to an activating group) is 1. The van der Waals surface area contributed by atoms with Gasteiger partial charge in [0.15, 0.2) is 0 Å². The summed E-state index contributed by atoms with van der Waals surface area (Å²) < 4.78 is 5.90. The highest BCUT2D eigenvalue weighted by Crippen LogP contribution is 2.39. The zero-order chi connectivity index (χ0) is 10.9. The second-order valence-electron chi connectivity index (χ2n) is 4.43. The van der Waals surface area contributed by atoms with Crippen molar-refractivity contribution in [3.63, 3.8) is 0 Å². The van der Waals surface area contributed by atoms with Gasteiger partial charge in [-0.3, -0.25) is 0 Å². The summed E-state index contributed by atoms with van der Waals surface area (Å²) in [6.07, 6.45) is 2.33. The molecule has 0 amide bonds. The molecule has 15 heavy (non-hydrogen) atoms. The van der Waals surface area contributed by atoms with Gasteiger partial charge >= 0.3 is 0 Å². The molecule has 0 bridgehead atoms. The Morgan fingerprint density at radius 1 is 1.53 bits per heavy atom. The van der Waals surface area contributed by atoms with Crippen LogP contribution < -0.4 is 5.32 Å². The monoisotopic (exact) mass is 225 g/mol. The lowest BCUT2D eigenvalue weighted by atomic mass is 9.92. The molecule has 1 aliphatic heterocycles. The number of rotatable bonds is 3. The van der Waals surface area contributed by atoms with Gasteiger partial charge < -0.3 is 10.1 Å². The Bertz CT molecular complexity index is 328. The average molecular weight is 225 g/mol. The van der Waals surface area contributed by atoms with Crippen molar-refractivity contribution in [1.29, 1.82) is 0 Å². The molecular weight excluding hydrogens is 206 g/mol. The first-order valence-corrected chi connectivity index (χ1v) is 6.35. The van der Waals surface area contributed by atoms with Gasteiger partial charge in [-0.2, -0.15) is 0 Å². The minimum absolute atomic E-state index is 0.0218.